The summed E-state index contributed by atoms with van der Waals surface area (Å²) in [5, 5.41) is 3.40. The highest BCUT2D eigenvalue weighted by Crippen LogP contribution is 2.01. The molecule has 0 bridgehead atoms. The van der Waals surface area contributed by atoms with Gasteiger partial charge in [-0.25, -0.2) is 4.98 Å². The van der Waals surface area contributed by atoms with Crippen LogP contribution in [0.2, 0.25) is 0 Å². The van der Waals surface area contributed by atoms with Crippen molar-refractivity contribution in [2.24, 2.45) is 0 Å². The minimum Gasteiger partial charge on any atom is -0.379 e. The van der Waals surface area contributed by atoms with E-state index in [0.717, 1.165) is 64.7 Å². The summed E-state index contributed by atoms with van der Waals surface area (Å²) in [6, 6.07) is 0. The van der Waals surface area contributed by atoms with Gasteiger partial charge in [0.25, 0.3) is 0 Å². The number of rotatable bonds is 7. The maximum absolute atomic E-state index is 5.36. The summed E-state index contributed by atoms with van der Waals surface area (Å²) in [4.78, 5) is 6.86. The van der Waals surface area contributed by atoms with Gasteiger partial charge < -0.3 is 14.6 Å². The number of ether oxygens (including phenoxy) is 1. The number of hydrogen-bond acceptors (Lipinski definition) is 4. The quantitative estimate of drug-likeness (QED) is 0.726. The highest BCUT2D eigenvalue weighted by molar-refractivity contribution is 4.92. The van der Waals surface area contributed by atoms with Crippen LogP contribution in [0.1, 0.15) is 19.2 Å². The minimum absolute atomic E-state index is 0.865. The predicted octanol–water partition coefficient (Wildman–Crippen LogP) is 0.715. The smallest absolute Gasteiger partial charge is 0.122 e. The van der Waals surface area contributed by atoms with Gasteiger partial charge in [-0.05, 0) is 13.0 Å². The molecule has 2 heterocycles. The van der Waals surface area contributed by atoms with Gasteiger partial charge in [0, 0.05) is 38.6 Å². The first-order valence-corrected chi connectivity index (χ1v) is 6.91. The Morgan fingerprint density at radius 2 is 2.17 bits per heavy atom. The number of nitrogens with one attached hydrogen (secondary N) is 1. The Kier molecular flexibility index (Phi) is 5.64. The van der Waals surface area contributed by atoms with Gasteiger partial charge in [0.15, 0.2) is 0 Å². The van der Waals surface area contributed by atoms with Gasteiger partial charge >= 0.3 is 0 Å². The molecule has 2 rings (SSSR count). The SMILES string of the molecule is CCCNCc1nccn1CCN1CCOCC1. The first-order valence-electron chi connectivity index (χ1n) is 6.91. The molecule has 1 aromatic heterocycles. The standard InChI is InChI=1S/C13H24N4O/c1-2-3-14-12-13-15-4-5-17(13)7-6-16-8-10-18-11-9-16/h4-5,14H,2-3,6-12H2,1H3. The molecule has 1 fully saturated rings. The first kappa shape index (κ1) is 13.5. The molecule has 0 aliphatic carbocycles. The molecule has 0 radical (unpaired) electrons. The van der Waals surface area contributed by atoms with Crippen molar-refractivity contribution in [3.63, 3.8) is 0 Å². The van der Waals surface area contributed by atoms with Crippen LogP contribution in [0.4, 0.5) is 0 Å². The summed E-state index contributed by atoms with van der Waals surface area (Å²) in [7, 11) is 0. The Morgan fingerprint density at radius 1 is 1.33 bits per heavy atom. The Balaban J connectivity index is 1.75. The zero-order valence-corrected chi connectivity index (χ0v) is 11.3. The Morgan fingerprint density at radius 3 is 2.94 bits per heavy atom. The van der Waals surface area contributed by atoms with E-state index in [1.165, 1.54) is 0 Å². The van der Waals surface area contributed by atoms with E-state index in [1.807, 2.05) is 6.20 Å². The summed E-state index contributed by atoms with van der Waals surface area (Å²) >= 11 is 0. The lowest BCUT2D eigenvalue weighted by Crippen LogP contribution is -2.38. The molecule has 0 unspecified atom stereocenters. The Bertz CT molecular complexity index is 333. The van der Waals surface area contributed by atoms with E-state index in [2.05, 4.69) is 32.9 Å². The molecule has 0 aromatic carbocycles. The van der Waals surface area contributed by atoms with E-state index >= 15 is 0 Å². The van der Waals surface area contributed by atoms with E-state index in [-0.39, 0.29) is 0 Å². The summed E-state index contributed by atoms with van der Waals surface area (Å²) < 4.78 is 7.60. The number of morpholine rings is 1. The van der Waals surface area contributed by atoms with Crippen LogP contribution in [-0.2, 0) is 17.8 Å². The van der Waals surface area contributed by atoms with Crippen molar-refractivity contribution in [1.82, 2.24) is 19.8 Å². The van der Waals surface area contributed by atoms with Crippen molar-refractivity contribution in [2.45, 2.75) is 26.4 Å². The molecule has 5 nitrogen and oxygen atoms in total. The molecule has 1 aliphatic rings. The van der Waals surface area contributed by atoms with Crippen molar-refractivity contribution in [1.29, 1.82) is 0 Å². The Hall–Kier alpha value is -0.910. The fourth-order valence-corrected chi connectivity index (χ4v) is 2.16. The number of imidazole rings is 1. The second-order valence-corrected chi connectivity index (χ2v) is 4.67. The van der Waals surface area contributed by atoms with Gasteiger partial charge in [-0.1, -0.05) is 6.92 Å². The van der Waals surface area contributed by atoms with Crippen LogP contribution in [0.15, 0.2) is 12.4 Å². The molecular weight excluding hydrogens is 228 g/mol. The first-order chi connectivity index (χ1) is 8.90. The van der Waals surface area contributed by atoms with Gasteiger partial charge in [-0.15, -0.1) is 0 Å². The second kappa shape index (κ2) is 7.51. The molecule has 5 heteroatoms. The predicted molar refractivity (Wildman–Crippen MR) is 71.5 cm³/mol. The van der Waals surface area contributed by atoms with Gasteiger partial charge in [0.2, 0.25) is 0 Å². The fourth-order valence-electron chi connectivity index (χ4n) is 2.16. The highest BCUT2D eigenvalue weighted by Gasteiger charge is 2.10. The number of aromatic nitrogens is 2. The lowest BCUT2D eigenvalue weighted by Gasteiger charge is -2.26. The maximum Gasteiger partial charge on any atom is 0.122 e. The number of nitrogens with zero attached hydrogens (tertiary/aromatic N) is 3. The van der Waals surface area contributed by atoms with Crippen molar-refractivity contribution >= 4 is 0 Å². The van der Waals surface area contributed by atoms with Gasteiger partial charge in [-0.2, -0.15) is 0 Å². The molecule has 1 N–H and O–H groups in total. The van der Waals surface area contributed by atoms with Crippen molar-refractivity contribution in [3.8, 4) is 0 Å². The molecule has 0 atom stereocenters. The van der Waals surface area contributed by atoms with Crippen LogP contribution < -0.4 is 5.32 Å². The minimum atomic E-state index is 0.865. The molecule has 0 saturated carbocycles. The van der Waals surface area contributed by atoms with Crippen LogP contribution in [0.25, 0.3) is 0 Å². The van der Waals surface area contributed by atoms with Crippen LogP contribution in [0.5, 0.6) is 0 Å². The summed E-state index contributed by atoms with van der Waals surface area (Å²) in [5.41, 5.74) is 0. The normalized spacial score (nSPS) is 17.2. The summed E-state index contributed by atoms with van der Waals surface area (Å²) in [6.45, 7) is 10.0. The van der Waals surface area contributed by atoms with Crippen molar-refractivity contribution in [3.05, 3.63) is 18.2 Å². The molecular formula is C13H24N4O. The van der Waals surface area contributed by atoms with Crippen molar-refractivity contribution in [2.75, 3.05) is 39.4 Å². The molecule has 0 spiro atoms. The summed E-state index contributed by atoms with van der Waals surface area (Å²) in [5.74, 6) is 1.14. The Labute approximate surface area is 109 Å². The third kappa shape index (κ3) is 4.08. The van der Waals surface area contributed by atoms with E-state index in [0.29, 0.717) is 0 Å². The molecule has 1 aromatic rings. The maximum atomic E-state index is 5.36. The molecule has 1 aliphatic heterocycles. The van der Waals surface area contributed by atoms with E-state index in [1.54, 1.807) is 0 Å². The third-order valence-corrected chi connectivity index (χ3v) is 3.27. The lowest BCUT2D eigenvalue weighted by atomic mass is 10.4. The van der Waals surface area contributed by atoms with E-state index in [4.69, 9.17) is 4.74 Å². The average Bonchev–Trinajstić information content (AvgIpc) is 2.86. The zero-order chi connectivity index (χ0) is 12.6. The van der Waals surface area contributed by atoms with Crippen LogP contribution >= 0.6 is 0 Å². The van der Waals surface area contributed by atoms with Gasteiger partial charge in [-0.3, -0.25) is 4.90 Å². The second-order valence-electron chi connectivity index (χ2n) is 4.67. The largest absolute Gasteiger partial charge is 0.379 e. The third-order valence-electron chi connectivity index (χ3n) is 3.27. The topological polar surface area (TPSA) is 42.3 Å². The van der Waals surface area contributed by atoms with Gasteiger partial charge in [0.05, 0.1) is 19.8 Å². The van der Waals surface area contributed by atoms with Crippen LogP contribution in [0.3, 0.4) is 0 Å². The van der Waals surface area contributed by atoms with Crippen LogP contribution in [-0.4, -0.2) is 53.8 Å². The lowest BCUT2D eigenvalue weighted by molar-refractivity contribution is 0.0363. The highest BCUT2D eigenvalue weighted by atomic mass is 16.5. The van der Waals surface area contributed by atoms with Crippen LogP contribution in [0, 0.1) is 0 Å². The average molecular weight is 252 g/mol. The van der Waals surface area contributed by atoms with E-state index in [9.17, 15) is 0 Å². The van der Waals surface area contributed by atoms with Crippen molar-refractivity contribution < 1.29 is 4.74 Å². The fraction of sp³-hybridized carbons (Fsp3) is 0.769. The molecule has 0 amide bonds. The molecule has 102 valence electrons. The van der Waals surface area contributed by atoms with E-state index < -0.39 is 0 Å². The van der Waals surface area contributed by atoms with Gasteiger partial charge in [0.1, 0.15) is 5.82 Å². The number of hydrogen-bond donors (Lipinski definition) is 1. The molecule has 1 saturated heterocycles. The molecule has 18 heavy (non-hydrogen) atoms. The summed E-state index contributed by atoms with van der Waals surface area (Å²) in [6.07, 6.45) is 5.13. The monoisotopic (exact) mass is 252 g/mol. The zero-order valence-electron chi connectivity index (χ0n) is 11.3.